The second kappa shape index (κ2) is 4.86. The predicted molar refractivity (Wildman–Crippen MR) is 66.2 cm³/mol. The molecule has 1 unspecified atom stereocenters. The Morgan fingerprint density at radius 2 is 2.00 bits per heavy atom. The number of amides is 1. The van der Waals surface area contributed by atoms with Crippen LogP contribution in [0.15, 0.2) is 23.4 Å². The molecule has 2 rings (SSSR count). The molecule has 1 N–H and O–H groups in total. The van der Waals surface area contributed by atoms with Crippen molar-refractivity contribution in [2.45, 2.75) is 45.4 Å². The summed E-state index contributed by atoms with van der Waals surface area (Å²) < 4.78 is 0. The van der Waals surface area contributed by atoms with Crippen LogP contribution in [0, 0.1) is 5.92 Å². The fourth-order valence-corrected chi connectivity index (χ4v) is 2.83. The molecule has 17 heavy (non-hydrogen) atoms. The summed E-state index contributed by atoms with van der Waals surface area (Å²) in [7, 11) is 0. The molecule has 2 aliphatic rings. The van der Waals surface area contributed by atoms with E-state index < -0.39 is 0 Å². The average Bonchev–Trinajstić information content (AvgIpc) is 2.42. The Labute approximate surface area is 102 Å². The van der Waals surface area contributed by atoms with Gasteiger partial charge in [0.2, 0.25) is 11.7 Å². The van der Waals surface area contributed by atoms with E-state index in [0.29, 0.717) is 11.3 Å². The van der Waals surface area contributed by atoms with Gasteiger partial charge in [-0.1, -0.05) is 25.8 Å². The number of Topliss-reactive ketones (excluding diaryl/α,β-unsaturated/α-hetero) is 1. The van der Waals surface area contributed by atoms with Gasteiger partial charge in [0.1, 0.15) is 0 Å². The van der Waals surface area contributed by atoms with Gasteiger partial charge in [-0.05, 0) is 24.8 Å². The smallest absolute Gasteiger partial charge is 0.221 e. The van der Waals surface area contributed by atoms with Crippen LogP contribution in [0.3, 0.4) is 0 Å². The minimum Gasteiger partial charge on any atom is -0.323 e. The topological polar surface area (TPSA) is 46.2 Å². The fraction of sp³-hybridized carbons (Fsp3) is 0.571. The zero-order valence-electron chi connectivity index (χ0n) is 10.3. The van der Waals surface area contributed by atoms with Gasteiger partial charge in [-0.25, -0.2) is 0 Å². The predicted octanol–water partition coefficient (Wildman–Crippen LogP) is 2.49. The van der Waals surface area contributed by atoms with Crippen molar-refractivity contribution in [1.29, 1.82) is 0 Å². The molecule has 0 heterocycles. The Hall–Kier alpha value is -1.38. The maximum absolute atomic E-state index is 12.1. The number of ketones is 1. The molecule has 1 atom stereocenters. The van der Waals surface area contributed by atoms with Gasteiger partial charge in [0.05, 0.1) is 5.70 Å². The summed E-state index contributed by atoms with van der Waals surface area (Å²) >= 11 is 0. The summed E-state index contributed by atoms with van der Waals surface area (Å²) in [4.78, 5) is 23.2. The Morgan fingerprint density at radius 3 is 2.71 bits per heavy atom. The number of carbonyl (C=O) groups is 2. The highest BCUT2D eigenvalue weighted by Crippen LogP contribution is 2.39. The van der Waals surface area contributed by atoms with E-state index in [2.05, 4.69) is 11.9 Å². The Kier molecular flexibility index (Phi) is 3.46. The van der Waals surface area contributed by atoms with Crippen LogP contribution in [0.2, 0.25) is 0 Å². The summed E-state index contributed by atoms with van der Waals surface area (Å²) in [6, 6.07) is 0. The normalized spacial score (nSPS) is 25.4. The molecule has 3 heteroatoms. The van der Waals surface area contributed by atoms with E-state index in [4.69, 9.17) is 0 Å². The number of carbonyl (C=O) groups excluding carboxylic acids is 2. The van der Waals surface area contributed by atoms with Crippen molar-refractivity contribution in [1.82, 2.24) is 5.32 Å². The molecular formula is C14H19NO2. The number of fused-ring (bicyclic) bond motifs is 1. The molecule has 0 saturated heterocycles. The summed E-state index contributed by atoms with van der Waals surface area (Å²) in [5, 5.41) is 2.70. The second-order valence-electron chi connectivity index (χ2n) is 4.94. The average molecular weight is 233 g/mol. The van der Waals surface area contributed by atoms with Gasteiger partial charge in [-0.15, -0.1) is 0 Å². The lowest BCUT2D eigenvalue weighted by Gasteiger charge is -2.18. The minimum absolute atomic E-state index is 0.0536. The van der Waals surface area contributed by atoms with E-state index in [0.717, 1.165) is 31.3 Å². The van der Waals surface area contributed by atoms with Crippen molar-refractivity contribution in [3.8, 4) is 0 Å². The van der Waals surface area contributed by atoms with Crippen LogP contribution in [-0.4, -0.2) is 11.7 Å². The second-order valence-corrected chi connectivity index (χ2v) is 4.94. The first-order valence-electron chi connectivity index (χ1n) is 6.35. The lowest BCUT2D eigenvalue weighted by atomic mass is 9.86. The molecule has 0 aromatic heterocycles. The van der Waals surface area contributed by atoms with Crippen LogP contribution in [0.4, 0.5) is 0 Å². The van der Waals surface area contributed by atoms with Gasteiger partial charge in [0.25, 0.3) is 0 Å². The zero-order valence-corrected chi connectivity index (χ0v) is 10.3. The fourth-order valence-electron chi connectivity index (χ4n) is 2.83. The molecule has 0 aliphatic heterocycles. The molecule has 0 aromatic carbocycles. The van der Waals surface area contributed by atoms with Gasteiger partial charge in [-0.2, -0.15) is 0 Å². The molecule has 92 valence electrons. The van der Waals surface area contributed by atoms with E-state index in [1.165, 1.54) is 19.8 Å². The van der Waals surface area contributed by atoms with Crippen molar-refractivity contribution < 1.29 is 9.59 Å². The third-order valence-electron chi connectivity index (χ3n) is 3.67. The van der Waals surface area contributed by atoms with Crippen LogP contribution in [0.1, 0.15) is 45.4 Å². The van der Waals surface area contributed by atoms with Gasteiger partial charge < -0.3 is 5.32 Å². The largest absolute Gasteiger partial charge is 0.323 e. The van der Waals surface area contributed by atoms with Crippen LogP contribution in [0.25, 0.3) is 0 Å². The zero-order chi connectivity index (χ0) is 12.4. The van der Waals surface area contributed by atoms with Crippen molar-refractivity contribution >= 4 is 11.7 Å². The molecular weight excluding hydrogens is 214 g/mol. The molecule has 0 spiro atoms. The van der Waals surface area contributed by atoms with Crippen molar-refractivity contribution in [3.63, 3.8) is 0 Å². The quantitative estimate of drug-likeness (QED) is 0.707. The van der Waals surface area contributed by atoms with E-state index in [1.54, 1.807) is 0 Å². The highest BCUT2D eigenvalue weighted by atomic mass is 16.2. The van der Waals surface area contributed by atoms with E-state index in [1.807, 2.05) is 0 Å². The maximum Gasteiger partial charge on any atom is 0.221 e. The summed E-state index contributed by atoms with van der Waals surface area (Å²) in [5.41, 5.74) is 2.31. The van der Waals surface area contributed by atoms with Gasteiger partial charge in [-0.3, -0.25) is 9.59 Å². The molecule has 0 aromatic rings. The van der Waals surface area contributed by atoms with E-state index in [9.17, 15) is 9.59 Å². The molecule has 3 nitrogen and oxygen atoms in total. The van der Waals surface area contributed by atoms with E-state index in [-0.39, 0.29) is 17.6 Å². The van der Waals surface area contributed by atoms with E-state index >= 15 is 0 Å². The first kappa shape index (κ1) is 12.1. The Morgan fingerprint density at radius 1 is 1.29 bits per heavy atom. The molecule has 0 radical (unpaired) electrons. The van der Waals surface area contributed by atoms with Gasteiger partial charge in [0, 0.05) is 18.4 Å². The van der Waals surface area contributed by atoms with Crippen molar-refractivity contribution in [2.75, 3.05) is 0 Å². The summed E-state index contributed by atoms with van der Waals surface area (Å²) in [5.74, 6) is -0.0388. The highest BCUT2D eigenvalue weighted by Gasteiger charge is 2.35. The van der Waals surface area contributed by atoms with Crippen LogP contribution >= 0.6 is 0 Å². The van der Waals surface area contributed by atoms with Crippen LogP contribution < -0.4 is 5.32 Å². The maximum atomic E-state index is 12.1. The first-order chi connectivity index (χ1) is 8.11. The minimum atomic E-state index is -0.170. The molecule has 1 fully saturated rings. The number of nitrogens with one attached hydrogen (secondary N) is 1. The number of rotatable bonds is 1. The van der Waals surface area contributed by atoms with Crippen molar-refractivity contribution in [2.24, 2.45) is 5.92 Å². The monoisotopic (exact) mass is 233 g/mol. The molecule has 1 amide bonds. The third kappa shape index (κ3) is 2.33. The lowest BCUT2D eigenvalue weighted by Crippen LogP contribution is -2.23. The standard InChI is InChI=1S/C14H19NO2/c1-9-11-7-5-3-4-6-8-12(11)13(14(9)17)15-10(2)16/h11H,1,3-8H2,2H3,(H,15,16). The van der Waals surface area contributed by atoms with Crippen LogP contribution in [-0.2, 0) is 9.59 Å². The number of hydrogen-bond donors (Lipinski definition) is 1. The Balaban J connectivity index is 2.31. The van der Waals surface area contributed by atoms with Crippen molar-refractivity contribution in [3.05, 3.63) is 23.4 Å². The number of hydrogen-bond acceptors (Lipinski definition) is 2. The van der Waals surface area contributed by atoms with Gasteiger partial charge >= 0.3 is 0 Å². The molecule has 2 aliphatic carbocycles. The molecule has 0 bridgehead atoms. The number of allylic oxidation sites excluding steroid dienone is 2. The SMILES string of the molecule is C=C1C(=O)C(NC(C)=O)=C2CCCCCCC12. The first-order valence-corrected chi connectivity index (χ1v) is 6.35. The third-order valence-corrected chi connectivity index (χ3v) is 3.67. The summed E-state index contributed by atoms with van der Waals surface area (Å²) in [6.07, 6.45) is 6.63. The lowest BCUT2D eigenvalue weighted by molar-refractivity contribution is -0.120. The molecule has 1 saturated carbocycles. The Bertz CT molecular complexity index is 406. The highest BCUT2D eigenvalue weighted by molar-refractivity contribution is 6.13. The van der Waals surface area contributed by atoms with Gasteiger partial charge in [0.15, 0.2) is 0 Å². The van der Waals surface area contributed by atoms with Crippen LogP contribution in [0.5, 0.6) is 0 Å². The summed E-state index contributed by atoms with van der Waals surface area (Å²) in [6.45, 7) is 5.35.